The molecule has 8 nitrogen and oxygen atoms in total. The van der Waals surface area contributed by atoms with Gasteiger partial charge in [-0.1, -0.05) is 33.6 Å². The van der Waals surface area contributed by atoms with Crippen molar-refractivity contribution in [3.8, 4) is 11.5 Å². The molecule has 1 fully saturated rings. The van der Waals surface area contributed by atoms with E-state index in [9.17, 15) is 14.4 Å². The van der Waals surface area contributed by atoms with Crippen molar-refractivity contribution < 1.29 is 28.6 Å². The van der Waals surface area contributed by atoms with Gasteiger partial charge < -0.3 is 19.5 Å². The maximum atomic E-state index is 12.8. The summed E-state index contributed by atoms with van der Waals surface area (Å²) in [6.45, 7) is 1.68. The minimum absolute atomic E-state index is 0.0768. The number of imide groups is 1. The van der Waals surface area contributed by atoms with E-state index in [1.165, 1.54) is 19.3 Å². The van der Waals surface area contributed by atoms with E-state index in [0.29, 0.717) is 32.2 Å². The highest BCUT2D eigenvalue weighted by Crippen LogP contribution is 2.35. The Morgan fingerprint density at radius 3 is 2.68 bits per heavy atom. The lowest BCUT2D eigenvalue weighted by Gasteiger charge is -2.13. The van der Waals surface area contributed by atoms with Crippen LogP contribution in [0.3, 0.4) is 0 Å². The van der Waals surface area contributed by atoms with E-state index in [4.69, 9.17) is 25.8 Å². The number of urea groups is 1. The Kier molecular flexibility index (Phi) is 7.19. The second-order valence-corrected chi connectivity index (χ2v) is 7.52. The van der Waals surface area contributed by atoms with Gasteiger partial charge in [0.05, 0.1) is 19.4 Å². The molecule has 1 aliphatic rings. The van der Waals surface area contributed by atoms with E-state index in [1.807, 2.05) is 0 Å². The van der Waals surface area contributed by atoms with Crippen molar-refractivity contribution >= 4 is 57.2 Å². The zero-order valence-electron chi connectivity index (χ0n) is 16.6. The Bertz CT molecular complexity index is 1070. The molecule has 0 radical (unpaired) electrons. The van der Waals surface area contributed by atoms with Crippen molar-refractivity contribution in [3.05, 3.63) is 57.2 Å². The summed E-state index contributed by atoms with van der Waals surface area (Å²) in [5, 5.41) is 2.96. The lowest BCUT2D eigenvalue weighted by molar-refractivity contribution is -0.145. The number of amides is 3. The van der Waals surface area contributed by atoms with E-state index in [1.54, 1.807) is 37.3 Å². The summed E-state index contributed by atoms with van der Waals surface area (Å²) in [6.07, 6.45) is 1.51. The third-order valence-corrected chi connectivity index (χ3v) is 5.10. The number of ether oxygens (including phenoxy) is 3. The van der Waals surface area contributed by atoms with Gasteiger partial charge in [-0.25, -0.2) is 14.5 Å². The zero-order valence-corrected chi connectivity index (χ0v) is 19.0. The standard InChI is InChI=1S/C21H18BrClN2O6/c1-3-30-19(26)11-31-18-10-15(22)12(8-17(18)29-2)7-16-20(27)25(21(28)24-16)14-6-4-5-13(23)9-14/h4-10H,3,11H2,1-2H3,(H,24,28)/b16-7+. The van der Waals surface area contributed by atoms with Crippen LogP contribution >= 0.6 is 27.5 Å². The molecule has 0 spiro atoms. The number of carbonyl (C=O) groups excluding carboxylic acids is 3. The summed E-state index contributed by atoms with van der Waals surface area (Å²) in [5.41, 5.74) is 0.989. The lowest BCUT2D eigenvalue weighted by atomic mass is 10.1. The fourth-order valence-electron chi connectivity index (χ4n) is 2.81. The third kappa shape index (κ3) is 5.18. The fourth-order valence-corrected chi connectivity index (χ4v) is 3.43. The number of esters is 1. The number of nitrogens with zero attached hydrogens (tertiary/aromatic N) is 1. The van der Waals surface area contributed by atoms with Crippen LogP contribution in [-0.2, 0) is 14.3 Å². The summed E-state index contributed by atoms with van der Waals surface area (Å²) in [4.78, 5) is 37.7. The zero-order chi connectivity index (χ0) is 22.5. The Morgan fingerprint density at radius 2 is 2.00 bits per heavy atom. The summed E-state index contributed by atoms with van der Waals surface area (Å²) < 4.78 is 16.2. The molecule has 1 heterocycles. The normalized spacial score (nSPS) is 14.6. The number of methoxy groups -OCH3 is 1. The highest BCUT2D eigenvalue weighted by Gasteiger charge is 2.35. The first-order chi connectivity index (χ1) is 14.8. The number of carbonyl (C=O) groups is 3. The van der Waals surface area contributed by atoms with Gasteiger partial charge >= 0.3 is 12.0 Å². The van der Waals surface area contributed by atoms with Crippen molar-refractivity contribution in [2.45, 2.75) is 6.92 Å². The van der Waals surface area contributed by atoms with E-state index < -0.39 is 17.9 Å². The van der Waals surface area contributed by atoms with Gasteiger partial charge in [-0.2, -0.15) is 0 Å². The van der Waals surface area contributed by atoms with Crippen LogP contribution in [0, 0.1) is 0 Å². The number of hydrogen-bond acceptors (Lipinski definition) is 6. The van der Waals surface area contributed by atoms with E-state index in [-0.39, 0.29) is 18.9 Å². The predicted octanol–water partition coefficient (Wildman–Crippen LogP) is 4.15. The fraction of sp³-hybridized carbons (Fsp3) is 0.190. The van der Waals surface area contributed by atoms with Crippen LogP contribution in [0.2, 0.25) is 5.02 Å². The molecule has 3 rings (SSSR count). The Balaban J connectivity index is 1.86. The van der Waals surface area contributed by atoms with Gasteiger partial charge in [-0.3, -0.25) is 4.79 Å². The highest BCUT2D eigenvalue weighted by atomic mass is 79.9. The molecule has 0 saturated carbocycles. The van der Waals surface area contributed by atoms with Gasteiger partial charge in [-0.05, 0) is 48.9 Å². The summed E-state index contributed by atoms with van der Waals surface area (Å²) in [6, 6.07) is 9.05. The average Bonchev–Trinajstić information content (AvgIpc) is 3.01. The molecule has 3 amide bonds. The molecular formula is C21H18BrClN2O6. The molecule has 0 aromatic heterocycles. The van der Waals surface area contributed by atoms with Crippen LogP contribution in [0.5, 0.6) is 11.5 Å². The molecule has 1 N–H and O–H groups in total. The van der Waals surface area contributed by atoms with Crippen LogP contribution in [0.1, 0.15) is 12.5 Å². The molecule has 31 heavy (non-hydrogen) atoms. The number of hydrogen-bond donors (Lipinski definition) is 1. The van der Waals surface area contributed by atoms with Gasteiger partial charge in [0.2, 0.25) is 0 Å². The molecule has 0 aliphatic carbocycles. The summed E-state index contributed by atoms with van der Waals surface area (Å²) >= 11 is 9.38. The SMILES string of the molecule is CCOC(=O)COc1cc(Br)c(/C=C2/NC(=O)N(c3cccc(Cl)c3)C2=O)cc1OC. The first kappa shape index (κ1) is 22.6. The number of nitrogens with one attached hydrogen (secondary N) is 1. The molecule has 1 aliphatic heterocycles. The highest BCUT2D eigenvalue weighted by molar-refractivity contribution is 9.10. The van der Waals surface area contributed by atoms with Crippen molar-refractivity contribution in [2.75, 3.05) is 25.2 Å². The van der Waals surface area contributed by atoms with Crippen LogP contribution in [-0.4, -0.2) is 38.2 Å². The summed E-state index contributed by atoms with van der Waals surface area (Å²) in [7, 11) is 1.45. The Morgan fingerprint density at radius 1 is 1.23 bits per heavy atom. The Hall–Kier alpha value is -3.04. The van der Waals surface area contributed by atoms with E-state index in [2.05, 4.69) is 21.2 Å². The molecule has 2 aromatic rings. The Labute approximate surface area is 191 Å². The van der Waals surface area contributed by atoms with E-state index >= 15 is 0 Å². The monoisotopic (exact) mass is 508 g/mol. The molecule has 162 valence electrons. The van der Waals surface area contributed by atoms with Gasteiger partial charge in [-0.15, -0.1) is 0 Å². The summed E-state index contributed by atoms with van der Waals surface area (Å²) in [5.74, 6) is -0.386. The minimum Gasteiger partial charge on any atom is -0.493 e. The van der Waals surface area contributed by atoms with E-state index in [0.717, 1.165) is 4.90 Å². The molecule has 2 aromatic carbocycles. The second-order valence-electron chi connectivity index (χ2n) is 6.23. The molecular weight excluding hydrogens is 492 g/mol. The first-order valence-corrected chi connectivity index (χ1v) is 10.3. The first-order valence-electron chi connectivity index (χ1n) is 9.12. The smallest absolute Gasteiger partial charge is 0.344 e. The van der Waals surface area contributed by atoms with Gasteiger partial charge in [0, 0.05) is 9.50 Å². The number of benzene rings is 2. The maximum absolute atomic E-state index is 12.8. The van der Waals surface area contributed by atoms with Crippen LogP contribution < -0.4 is 19.7 Å². The van der Waals surface area contributed by atoms with Gasteiger partial charge in [0.1, 0.15) is 5.70 Å². The second kappa shape index (κ2) is 9.84. The minimum atomic E-state index is -0.587. The van der Waals surface area contributed by atoms with Crippen LogP contribution in [0.25, 0.3) is 6.08 Å². The molecule has 0 bridgehead atoms. The lowest BCUT2D eigenvalue weighted by Crippen LogP contribution is -2.30. The number of halogens is 2. The van der Waals surface area contributed by atoms with Crippen molar-refractivity contribution in [2.24, 2.45) is 0 Å². The molecule has 1 saturated heterocycles. The third-order valence-electron chi connectivity index (χ3n) is 4.18. The number of rotatable bonds is 7. The predicted molar refractivity (Wildman–Crippen MR) is 118 cm³/mol. The van der Waals surface area contributed by atoms with Crippen LogP contribution in [0.15, 0.2) is 46.6 Å². The quantitative estimate of drug-likeness (QED) is 0.342. The average molecular weight is 510 g/mol. The van der Waals surface area contributed by atoms with Crippen molar-refractivity contribution in [1.29, 1.82) is 0 Å². The van der Waals surface area contributed by atoms with Gasteiger partial charge in [0.15, 0.2) is 18.1 Å². The topological polar surface area (TPSA) is 94.2 Å². The molecule has 10 heteroatoms. The van der Waals surface area contributed by atoms with Crippen molar-refractivity contribution in [1.82, 2.24) is 5.32 Å². The molecule has 0 atom stereocenters. The van der Waals surface area contributed by atoms with Crippen LogP contribution in [0.4, 0.5) is 10.5 Å². The van der Waals surface area contributed by atoms with Crippen molar-refractivity contribution in [3.63, 3.8) is 0 Å². The molecule has 0 unspecified atom stereocenters. The number of anilines is 1. The largest absolute Gasteiger partial charge is 0.493 e. The van der Waals surface area contributed by atoms with Gasteiger partial charge in [0.25, 0.3) is 5.91 Å². The maximum Gasteiger partial charge on any atom is 0.344 e.